The molecule has 5 heteroatoms. The molecule has 0 aromatic carbocycles. The largest absolute Gasteiger partial charge is 0.462 e. The Kier molecular flexibility index (Phi) is 35.1. The third-order valence-electron chi connectivity index (χ3n) is 8.19. The molecule has 0 aliphatic carbocycles. The van der Waals surface area contributed by atoms with Crippen LogP contribution in [0.5, 0.6) is 0 Å². The van der Waals surface area contributed by atoms with Crippen LogP contribution in [0, 0.1) is 0 Å². The van der Waals surface area contributed by atoms with Gasteiger partial charge in [-0.05, 0) is 51.4 Å². The van der Waals surface area contributed by atoms with Crippen molar-refractivity contribution in [1.29, 1.82) is 0 Å². The fourth-order valence-electron chi connectivity index (χ4n) is 5.27. The molecule has 0 rings (SSSR count). The molecule has 0 heterocycles. The lowest BCUT2D eigenvalue weighted by Crippen LogP contribution is -2.28. The van der Waals surface area contributed by atoms with Crippen LogP contribution in [0.1, 0.15) is 187 Å². The third-order valence-corrected chi connectivity index (χ3v) is 8.19. The van der Waals surface area contributed by atoms with Gasteiger partial charge >= 0.3 is 11.9 Å². The zero-order valence-electron chi connectivity index (χ0n) is 29.6. The van der Waals surface area contributed by atoms with Crippen LogP contribution in [0.25, 0.3) is 0 Å². The molecule has 45 heavy (non-hydrogen) atoms. The lowest BCUT2D eigenvalue weighted by atomic mass is 10.0. The van der Waals surface area contributed by atoms with Crippen molar-refractivity contribution in [3.05, 3.63) is 36.5 Å². The molecule has 0 radical (unpaired) electrons. The molecule has 0 fully saturated rings. The van der Waals surface area contributed by atoms with Gasteiger partial charge in [0.15, 0.2) is 6.10 Å². The minimum atomic E-state index is -0.779. The van der Waals surface area contributed by atoms with E-state index in [2.05, 4.69) is 50.3 Å². The summed E-state index contributed by atoms with van der Waals surface area (Å²) in [4.78, 5) is 24.2. The molecule has 0 aromatic heterocycles. The van der Waals surface area contributed by atoms with Crippen LogP contribution < -0.4 is 0 Å². The van der Waals surface area contributed by atoms with Crippen LogP contribution in [0.2, 0.25) is 0 Å². The topological polar surface area (TPSA) is 72.8 Å². The molecule has 0 bridgehead atoms. The zero-order valence-corrected chi connectivity index (χ0v) is 29.6. The second kappa shape index (κ2) is 36.6. The maximum absolute atomic E-state index is 12.1. The monoisotopic (exact) mass is 633 g/mol. The predicted molar refractivity (Wildman–Crippen MR) is 191 cm³/mol. The van der Waals surface area contributed by atoms with Crippen molar-refractivity contribution < 1.29 is 24.2 Å². The number of rotatable bonds is 34. The SMILES string of the molecule is CCCCC/C=C/C/C=C/C/C=C/CCCCCCC(=O)O[C@@H](CO)COC(=O)CCCCCCCCCCCCCCCC. The predicted octanol–water partition coefficient (Wildman–Crippen LogP) is 11.7. The van der Waals surface area contributed by atoms with Crippen molar-refractivity contribution in [3.8, 4) is 0 Å². The lowest BCUT2D eigenvalue weighted by Gasteiger charge is -2.15. The van der Waals surface area contributed by atoms with Gasteiger partial charge in [0.1, 0.15) is 6.61 Å². The van der Waals surface area contributed by atoms with Crippen LogP contribution in [-0.2, 0) is 19.1 Å². The van der Waals surface area contributed by atoms with Crippen LogP contribution in [0.3, 0.4) is 0 Å². The first kappa shape index (κ1) is 43.1. The van der Waals surface area contributed by atoms with Gasteiger partial charge in [0.05, 0.1) is 6.61 Å². The molecule has 0 amide bonds. The van der Waals surface area contributed by atoms with E-state index in [4.69, 9.17) is 9.47 Å². The van der Waals surface area contributed by atoms with Gasteiger partial charge in [-0.1, -0.05) is 159 Å². The van der Waals surface area contributed by atoms with E-state index in [0.29, 0.717) is 12.8 Å². The first-order valence-electron chi connectivity index (χ1n) is 19.0. The van der Waals surface area contributed by atoms with Gasteiger partial charge in [0, 0.05) is 12.8 Å². The highest BCUT2D eigenvalue weighted by Crippen LogP contribution is 2.14. The summed E-state index contributed by atoms with van der Waals surface area (Å²) in [6, 6.07) is 0. The summed E-state index contributed by atoms with van der Waals surface area (Å²) in [5.41, 5.74) is 0. The molecule has 1 atom stereocenters. The number of carbonyl (C=O) groups is 2. The van der Waals surface area contributed by atoms with E-state index in [1.807, 2.05) is 0 Å². The molecule has 0 saturated heterocycles. The van der Waals surface area contributed by atoms with Gasteiger partial charge in [0.2, 0.25) is 0 Å². The summed E-state index contributed by atoms with van der Waals surface area (Å²) in [5.74, 6) is -0.613. The Morgan fingerprint density at radius 3 is 1.38 bits per heavy atom. The number of ether oxygens (including phenoxy) is 2. The smallest absolute Gasteiger partial charge is 0.306 e. The molecular formula is C40H72O5. The van der Waals surface area contributed by atoms with Crippen molar-refractivity contribution in [2.45, 2.75) is 193 Å². The highest BCUT2D eigenvalue weighted by Gasteiger charge is 2.16. The Hall–Kier alpha value is -1.88. The van der Waals surface area contributed by atoms with E-state index < -0.39 is 6.10 Å². The van der Waals surface area contributed by atoms with E-state index in [1.165, 1.54) is 96.3 Å². The molecule has 0 aliphatic heterocycles. The summed E-state index contributed by atoms with van der Waals surface area (Å²) in [5, 5.41) is 9.53. The van der Waals surface area contributed by atoms with Gasteiger partial charge in [-0.25, -0.2) is 0 Å². The van der Waals surface area contributed by atoms with E-state index >= 15 is 0 Å². The Balaban J connectivity index is 3.60. The number of aliphatic hydroxyl groups is 1. The Morgan fingerprint density at radius 2 is 0.889 bits per heavy atom. The molecule has 1 N–H and O–H groups in total. The molecule has 5 nitrogen and oxygen atoms in total. The van der Waals surface area contributed by atoms with Gasteiger partial charge in [-0.3, -0.25) is 9.59 Å². The quantitative estimate of drug-likeness (QED) is 0.0434. The van der Waals surface area contributed by atoms with Gasteiger partial charge in [-0.2, -0.15) is 0 Å². The van der Waals surface area contributed by atoms with Gasteiger partial charge < -0.3 is 14.6 Å². The van der Waals surface area contributed by atoms with Gasteiger partial charge in [-0.15, -0.1) is 0 Å². The molecular weight excluding hydrogens is 560 g/mol. The van der Waals surface area contributed by atoms with Crippen LogP contribution in [-0.4, -0.2) is 36.4 Å². The highest BCUT2D eigenvalue weighted by atomic mass is 16.6. The lowest BCUT2D eigenvalue weighted by molar-refractivity contribution is -0.161. The summed E-state index contributed by atoms with van der Waals surface area (Å²) in [7, 11) is 0. The number of hydrogen-bond donors (Lipinski definition) is 1. The second-order valence-electron chi connectivity index (χ2n) is 12.7. The number of hydrogen-bond acceptors (Lipinski definition) is 5. The van der Waals surface area contributed by atoms with Crippen LogP contribution in [0.15, 0.2) is 36.5 Å². The number of esters is 2. The molecule has 0 saturated carbocycles. The summed E-state index contributed by atoms with van der Waals surface area (Å²) in [6.45, 7) is 4.09. The maximum Gasteiger partial charge on any atom is 0.306 e. The van der Waals surface area contributed by atoms with Crippen molar-refractivity contribution in [2.24, 2.45) is 0 Å². The number of aliphatic hydroxyl groups excluding tert-OH is 1. The Morgan fingerprint density at radius 1 is 0.511 bits per heavy atom. The fourth-order valence-corrected chi connectivity index (χ4v) is 5.27. The molecule has 0 aliphatic rings. The summed E-state index contributed by atoms with van der Waals surface area (Å²) in [6.07, 6.45) is 43.4. The van der Waals surface area contributed by atoms with Crippen molar-refractivity contribution in [2.75, 3.05) is 13.2 Å². The third kappa shape index (κ3) is 34.8. The second-order valence-corrected chi connectivity index (χ2v) is 12.7. The molecule has 0 spiro atoms. The number of unbranched alkanes of at least 4 members (excludes halogenated alkanes) is 20. The van der Waals surface area contributed by atoms with E-state index in [0.717, 1.165) is 64.2 Å². The molecule has 262 valence electrons. The normalized spacial score (nSPS) is 12.5. The molecule has 0 unspecified atom stereocenters. The van der Waals surface area contributed by atoms with Gasteiger partial charge in [0.25, 0.3) is 0 Å². The van der Waals surface area contributed by atoms with Crippen molar-refractivity contribution >= 4 is 11.9 Å². The average Bonchev–Trinajstić information content (AvgIpc) is 3.04. The molecule has 0 aromatic rings. The van der Waals surface area contributed by atoms with Crippen LogP contribution in [0.4, 0.5) is 0 Å². The minimum Gasteiger partial charge on any atom is -0.462 e. The zero-order chi connectivity index (χ0) is 32.9. The first-order valence-corrected chi connectivity index (χ1v) is 19.0. The minimum absolute atomic E-state index is 0.0725. The fraction of sp³-hybridized carbons (Fsp3) is 0.800. The van der Waals surface area contributed by atoms with Crippen LogP contribution >= 0.6 is 0 Å². The van der Waals surface area contributed by atoms with E-state index in [1.54, 1.807) is 0 Å². The standard InChI is InChI=1S/C40H72O5/c1-3-5-7-9-11-13-15-17-19-20-21-23-25-27-29-31-33-35-40(43)45-38(36-41)37-44-39(42)34-32-30-28-26-24-22-18-16-14-12-10-8-6-4-2/h11,13,17,19,21,23,38,41H,3-10,12,14-16,18,20,22,24-37H2,1-2H3/b13-11+,19-17+,23-21+/t38-/m0/s1. The Bertz CT molecular complexity index is 726. The average molecular weight is 633 g/mol. The first-order chi connectivity index (χ1) is 22.1. The summed E-state index contributed by atoms with van der Waals surface area (Å²) < 4.78 is 10.6. The Labute approximate surface area is 278 Å². The van der Waals surface area contributed by atoms with Crippen molar-refractivity contribution in [3.63, 3.8) is 0 Å². The maximum atomic E-state index is 12.1. The van der Waals surface area contributed by atoms with E-state index in [9.17, 15) is 14.7 Å². The van der Waals surface area contributed by atoms with E-state index in [-0.39, 0.29) is 25.2 Å². The number of allylic oxidation sites excluding steroid dienone is 6. The van der Waals surface area contributed by atoms with Crippen molar-refractivity contribution in [1.82, 2.24) is 0 Å². The highest BCUT2D eigenvalue weighted by molar-refractivity contribution is 5.70. The summed E-state index contributed by atoms with van der Waals surface area (Å²) >= 11 is 0. The number of carbonyl (C=O) groups excluding carboxylic acids is 2.